The third kappa shape index (κ3) is 44.6. The molecule has 0 aliphatic rings. The lowest BCUT2D eigenvalue weighted by atomic mass is 10.1. The van der Waals surface area contributed by atoms with Crippen LogP contribution in [0, 0.1) is 0 Å². The molecule has 2 N–H and O–H groups in total. The number of carbonyl (C=O) groups excluding carboxylic acids is 3. The second-order valence-electron chi connectivity index (χ2n) is 17.0. The molecular formula is C52H93O11P. The Balaban J connectivity index is 4.78. The summed E-state index contributed by atoms with van der Waals surface area (Å²) in [7, 11) is -4.74. The van der Waals surface area contributed by atoms with Crippen molar-refractivity contribution in [3.05, 3.63) is 48.6 Å². The molecule has 0 fully saturated rings. The van der Waals surface area contributed by atoms with Crippen LogP contribution in [0.2, 0.25) is 0 Å². The van der Waals surface area contributed by atoms with Crippen LogP contribution in [0.25, 0.3) is 0 Å². The molecule has 64 heavy (non-hydrogen) atoms. The lowest BCUT2D eigenvalue weighted by Gasteiger charge is -2.21. The van der Waals surface area contributed by atoms with Gasteiger partial charge in [-0.2, -0.15) is 0 Å². The summed E-state index contributed by atoms with van der Waals surface area (Å²) in [5.74, 6) is -1.50. The lowest BCUT2D eigenvalue weighted by molar-refractivity contribution is -0.161. The van der Waals surface area contributed by atoms with Crippen LogP contribution in [0.5, 0.6) is 0 Å². The van der Waals surface area contributed by atoms with Crippen LogP contribution in [-0.2, 0) is 42.2 Å². The fourth-order valence-electron chi connectivity index (χ4n) is 6.72. The molecule has 0 heterocycles. The first kappa shape index (κ1) is 61.4. The molecular weight excluding hydrogens is 832 g/mol. The van der Waals surface area contributed by atoms with Crippen LogP contribution in [0.3, 0.4) is 0 Å². The molecule has 0 saturated carbocycles. The van der Waals surface area contributed by atoms with Gasteiger partial charge in [0, 0.05) is 19.3 Å². The van der Waals surface area contributed by atoms with Gasteiger partial charge in [0.25, 0.3) is 0 Å². The molecule has 0 aromatic heterocycles. The number of rotatable bonds is 47. The minimum absolute atomic E-state index is 0.150. The molecule has 11 nitrogen and oxygen atoms in total. The number of allylic oxidation sites excluding steroid dienone is 8. The highest BCUT2D eigenvalue weighted by Crippen LogP contribution is 2.43. The van der Waals surface area contributed by atoms with Crippen molar-refractivity contribution < 1.29 is 52.2 Å². The Morgan fingerprint density at radius 2 is 0.812 bits per heavy atom. The summed E-state index contributed by atoms with van der Waals surface area (Å²) in [4.78, 5) is 48.2. The number of carbonyl (C=O) groups is 3. The number of phosphoric acid groups is 1. The summed E-state index contributed by atoms with van der Waals surface area (Å²) < 4.78 is 39.3. The number of hydrogen-bond acceptors (Lipinski definition) is 10. The zero-order valence-corrected chi connectivity index (χ0v) is 41.6. The molecule has 0 aromatic rings. The van der Waals surface area contributed by atoms with E-state index in [0.29, 0.717) is 19.3 Å². The highest BCUT2D eigenvalue weighted by atomic mass is 31.2. The predicted octanol–water partition coefficient (Wildman–Crippen LogP) is 14.2. The molecule has 0 saturated heterocycles. The predicted molar refractivity (Wildman–Crippen MR) is 261 cm³/mol. The minimum atomic E-state index is -4.74. The molecule has 0 radical (unpaired) electrons. The first-order valence-electron chi connectivity index (χ1n) is 25.5. The molecule has 0 rings (SSSR count). The van der Waals surface area contributed by atoms with E-state index in [4.69, 9.17) is 23.3 Å². The van der Waals surface area contributed by atoms with Gasteiger partial charge in [0.15, 0.2) is 6.10 Å². The van der Waals surface area contributed by atoms with Gasteiger partial charge in [0.1, 0.15) is 12.7 Å². The molecule has 12 heteroatoms. The third-order valence-corrected chi connectivity index (χ3v) is 11.6. The smallest absolute Gasteiger partial charge is 0.462 e. The van der Waals surface area contributed by atoms with Crippen molar-refractivity contribution in [2.24, 2.45) is 0 Å². The zero-order chi connectivity index (χ0) is 47.0. The number of phosphoric ester groups is 1. The first-order chi connectivity index (χ1) is 31.2. The highest BCUT2D eigenvalue weighted by Gasteiger charge is 2.28. The summed E-state index contributed by atoms with van der Waals surface area (Å²) in [5.41, 5.74) is 0. The molecule has 0 aromatic carbocycles. The van der Waals surface area contributed by atoms with Crippen molar-refractivity contribution in [3.63, 3.8) is 0 Å². The number of unbranched alkanes of at least 4 members (excludes halogenated alkanes) is 22. The van der Waals surface area contributed by atoms with Gasteiger partial charge in [-0.25, -0.2) is 4.57 Å². The molecule has 3 atom stereocenters. The lowest BCUT2D eigenvalue weighted by Crippen LogP contribution is -2.30. The second-order valence-corrected chi connectivity index (χ2v) is 18.4. The van der Waals surface area contributed by atoms with E-state index < -0.39 is 57.8 Å². The zero-order valence-electron chi connectivity index (χ0n) is 40.7. The van der Waals surface area contributed by atoms with Crippen molar-refractivity contribution in [1.29, 1.82) is 0 Å². The third-order valence-electron chi connectivity index (χ3n) is 10.7. The molecule has 0 amide bonds. The Morgan fingerprint density at radius 1 is 0.438 bits per heavy atom. The standard InChI is InChI=1S/C52H93O11P/c1-4-7-10-13-16-19-22-24-27-29-32-35-38-41-50(54)59-45-49(63-52(56)43-40-37-34-31-28-25-23-20-17-14-11-8-5-2)47-61-64(57,58)60-46-48(44-53)62-51(55)42-39-36-33-30-26-21-18-15-12-9-6-3/h11,14-15,18-20,22-23,48-49,53H,4-10,12-13,16-17,21,24-47H2,1-3H3,(H,57,58)/b14-11-,18-15-,22-19-,23-20-. The van der Waals surface area contributed by atoms with Gasteiger partial charge in [0.05, 0.1) is 19.8 Å². The molecule has 3 unspecified atom stereocenters. The number of ether oxygens (including phenoxy) is 3. The van der Waals surface area contributed by atoms with E-state index in [0.717, 1.165) is 128 Å². The summed E-state index contributed by atoms with van der Waals surface area (Å²) >= 11 is 0. The summed E-state index contributed by atoms with van der Waals surface area (Å²) in [6.07, 6.45) is 46.5. The summed E-state index contributed by atoms with van der Waals surface area (Å²) in [5, 5.41) is 9.75. The van der Waals surface area contributed by atoms with Crippen molar-refractivity contribution in [2.75, 3.05) is 26.4 Å². The fraction of sp³-hybridized carbons (Fsp3) is 0.788. The van der Waals surface area contributed by atoms with Gasteiger partial charge >= 0.3 is 25.7 Å². The van der Waals surface area contributed by atoms with E-state index in [1.807, 2.05) is 0 Å². The van der Waals surface area contributed by atoms with Crippen molar-refractivity contribution >= 4 is 25.7 Å². The fourth-order valence-corrected chi connectivity index (χ4v) is 7.50. The maximum Gasteiger partial charge on any atom is 0.472 e. The van der Waals surface area contributed by atoms with E-state index in [9.17, 15) is 28.9 Å². The maximum absolute atomic E-state index is 12.8. The van der Waals surface area contributed by atoms with Crippen LogP contribution in [0.1, 0.15) is 226 Å². The molecule has 372 valence electrons. The quantitative estimate of drug-likeness (QED) is 0.0197. The average Bonchev–Trinajstić information content (AvgIpc) is 3.28. The molecule has 0 spiro atoms. The summed E-state index contributed by atoms with van der Waals surface area (Å²) in [6, 6.07) is 0. The van der Waals surface area contributed by atoms with E-state index in [1.165, 1.54) is 38.5 Å². The summed E-state index contributed by atoms with van der Waals surface area (Å²) in [6.45, 7) is 4.47. The monoisotopic (exact) mass is 925 g/mol. The number of aliphatic hydroxyl groups is 1. The Morgan fingerprint density at radius 3 is 1.28 bits per heavy atom. The first-order valence-corrected chi connectivity index (χ1v) is 27.0. The van der Waals surface area contributed by atoms with Gasteiger partial charge < -0.3 is 24.2 Å². The number of aliphatic hydroxyl groups excluding tert-OH is 1. The minimum Gasteiger partial charge on any atom is -0.462 e. The van der Waals surface area contributed by atoms with Crippen LogP contribution in [0.15, 0.2) is 48.6 Å². The average molecular weight is 925 g/mol. The Hall–Kier alpha value is -2.56. The van der Waals surface area contributed by atoms with Crippen molar-refractivity contribution in [2.45, 2.75) is 238 Å². The largest absolute Gasteiger partial charge is 0.472 e. The Kier molecular flexibility index (Phi) is 45.1. The van der Waals surface area contributed by atoms with Crippen molar-refractivity contribution in [1.82, 2.24) is 0 Å². The maximum atomic E-state index is 12.8. The van der Waals surface area contributed by atoms with E-state index in [-0.39, 0.29) is 25.9 Å². The highest BCUT2D eigenvalue weighted by molar-refractivity contribution is 7.47. The normalized spacial score (nSPS) is 13.9. The van der Waals surface area contributed by atoms with Crippen LogP contribution < -0.4 is 0 Å². The number of esters is 3. The van der Waals surface area contributed by atoms with Gasteiger partial charge in [-0.3, -0.25) is 23.4 Å². The van der Waals surface area contributed by atoms with Crippen molar-refractivity contribution in [3.8, 4) is 0 Å². The molecule has 0 bridgehead atoms. The van der Waals surface area contributed by atoms with Crippen LogP contribution >= 0.6 is 7.82 Å². The second kappa shape index (κ2) is 47.0. The van der Waals surface area contributed by atoms with Gasteiger partial charge in [-0.1, -0.05) is 166 Å². The SMILES string of the molecule is CCC/C=C\C/C=C\CCCCCCCC(=O)OC(COC(=O)CCCCCCC/C=C\CCCCCC)COP(=O)(O)OCC(CO)OC(=O)CCCCCCC/C=C\CCCC. The van der Waals surface area contributed by atoms with E-state index >= 15 is 0 Å². The van der Waals surface area contributed by atoms with Crippen LogP contribution in [-0.4, -0.2) is 66.5 Å². The molecule has 0 aliphatic carbocycles. The van der Waals surface area contributed by atoms with Gasteiger partial charge in [-0.05, 0) is 89.9 Å². The Labute approximate surface area is 390 Å². The van der Waals surface area contributed by atoms with Gasteiger partial charge in [-0.15, -0.1) is 0 Å². The Bertz CT molecular complexity index is 1260. The van der Waals surface area contributed by atoms with Gasteiger partial charge in [0.2, 0.25) is 0 Å². The van der Waals surface area contributed by atoms with E-state index in [1.54, 1.807) is 0 Å². The van der Waals surface area contributed by atoms with E-state index in [2.05, 4.69) is 69.4 Å². The van der Waals surface area contributed by atoms with Crippen LogP contribution in [0.4, 0.5) is 0 Å². The topological polar surface area (TPSA) is 155 Å². The molecule has 0 aliphatic heterocycles. The number of hydrogen-bond donors (Lipinski definition) is 2.